The van der Waals surface area contributed by atoms with Gasteiger partial charge in [0.2, 0.25) is 5.96 Å². The second kappa shape index (κ2) is 8.46. The summed E-state index contributed by atoms with van der Waals surface area (Å²) in [6.45, 7) is 7.94. The molecule has 23 heavy (non-hydrogen) atoms. The monoisotopic (exact) mass is 446 g/mol. The van der Waals surface area contributed by atoms with Gasteiger partial charge in [-0.2, -0.15) is 0 Å². The Morgan fingerprint density at radius 3 is 2.48 bits per heavy atom. The Morgan fingerprint density at radius 2 is 1.70 bits per heavy atom. The molecular formula is C16H24Br2N4O. The van der Waals surface area contributed by atoms with Gasteiger partial charge in [0.05, 0.1) is 24.6 Å². The Kier molecular flexibility index (Phi) is 6.88. The van der Waals surface area contributed by atoms with Crippen LogP contribution in [0.5, 0.6) is 0 Å². The van der Waals surface area contributed by atoms with Gasteiger partial charge in [0.1, 0.15) is 0 Å². The van der Waals surface area contributed by atoms with Crippen molar-refractivity contribution in [2.45, 2.75) is 6.42 Å². The smallest absolute Gasteiger partial charge is 0.205 e. The van der Waals surface area contributed by atoms with E-state index in [1.165, 1.54) is 11.4 Å². The molecule has 5 nitrogen and oxygen atoms in total. The average molecular weight is 448 g/mol. The Bertz CT molecular complexity index is 549. The van der Waals surface area contributed by atoms with Crippen molar-refractivity contribution in [1.29, 1.82) is 0 Å². The van der Waals surface area contributed by atoms with Crippen molar-refractivity contribution in [3.05, 3.63) is 24.3 Å². The number of anilines is 2. The molecule has 0 bridgehead atoms. The second-order valence-corrected chi connectivity index (χ2v) is 5.78. The molecule has 0 unspecified atom stereocenters. The molecule has 0 saturated carbocycles. The van der Waals surface area contributed by atoms with Crippen LogP contribution < -0.4 is 9.80 Å². The van der Waals surface area contributed by atoms with Gasteiger partial charge in [-0.15, -0.1) is 34.0 Å². The van der Waals surface area contributed by atoms with Gasteiger partial charge in [0, 0.05) is 39.3 Å². The maximum Gasteiger partial charge on any atom is 0.205 e. The highest BCUT2D eigenvalue weighted by Gasteiger charge is 2.33. The second-order valence-electron chi connectivity index (χ2n) is 5.78. The van der Waals surface area contributed by atoms with E-state index in [0.717, 1.165) is 64.9 Å². The molecule has 0 aliphatic carbocycles. The Hall–Kier alpha value is -0.630. The van der Waals surface area contributed by atoms with E-state index in [1.807, 2.05) is 0 Å². The van der Waals surface area contributed by atoms with Crippen molar-refractivity contribution in [3.8, 4) is 0 Å². The molecule has 0 spiro atoms. The van der Waals surface area contributed by atoms with E-state index in [9.17, 15) is 0 Å². The summed E-state index contributed by atoms with van der Waals surface area (Å²) >= 11 is 0. The van der Waals surface area contributed by atoms with Crippen LogP contribution in [0.25, 0.3) is 0 Å². The number of morpholine rings is 1. The van der Waals surface area contributed by atoms with E-state index < -0.39 is 0 Å². The fraction of sp³-hybridized carbons (Fsp3) is 0.562. The first-order chi connectivity index (χ1) is 10.4. The van der Waals surface area contributed by atoms with Crippen LogP contribution in [0.3, 0.4) is 0 Å². The molecule has 4 rings (SSSR count). The van der Waals surface area contributed by atoms with Crippen LogP contribution in [0.2, 0.25) is 0 Å². The van der Waals surface area contributed by atoms with E-state index in [2.05, 4.69) is 39.0 Å². The lowest BCUT2D eigenvalue weighted by molar-refractivity contribution is 0.0394. The fourth-order valence-electron chi connectivity index (χ4n) is 3.37. The van der Waals surface area contributed by atoms with Crippen molar-refractivity contribution in [1.82, 2.24) is 4.90 Å². The molecule has 1 aromatic carbocycles. The molecule has 0 atom stereocenters. The number of ether oxygens (including phenoxy) is 1. The normalized spacial score (nSPS) is 20.1. The molecule has 1 aromatic rings. The minimum Gasteiger partial charge on any atom is -0.379 e. The van der Waals surface area contributed by atoms with Gasteiger partial charge in [-0.05, 0) is 18.6 Å². The summed E-state index contributed by atoms with van der Waals surface area (Å²) in [7, 11) is 0. The van der Waals surface area contributed by atoms with Crippen LogP contribution in [0.1, 0.15) is 6.42 Å². The Labute approximate surface area is 158 Å². The summed E-state index contributed by atoms with van der Waals surface area (Å²) in [4.78, 5) is 12.0. The first kappa shape index (κ1) is 18.7. The maximum atomic E-state index is 5.43. The molecule has 0 amide bonds. The van der Waals surface area contributed by atoms with Crippen LogP contribution in [0, 0.1) is 0 Å². The fourth-order valence-corrected chi connectivity index (χ4v) is 3.37. The number of rotatable bonds is 3. The van der Waals surface area contributed by atoms with E-state index >= 15 is 0 Å². The zero-order chi connectivity index (χ0) is 14.1. The third kappa shape index (κ3) is 3.73. The van der Waals surface area contributed by atoms with Crippen LogP contribution in [0.15, 0.2) is 29.3 Å². The van der Waals surface area contributed by atoms with Gasteiger partial charge in [-0.3, -0.25) is 9.89 Å². The Morgan fingerprint density at radius 1 is 0.957 bits per heavy atom. The third-order valence-corrected chi connectivity index (χ3v) is 4.48. The van der Waals surface area contributed by atoms with Crippen LogP contribution in [-0.4, -0.2) is 63.3 Å². The van der Waals surface area contributed by atoms with Crippen molar-refractivity contribution >= 4 is 51.3 Å². The van der Waals surface area contributed by atoms with Crippen LogP contribution in [-0.2, 0) is 4.74 Å². The minimum atomic E-state index is 0. The summed E-state index contributed by atoms with van der Waals surface area (Å²) in [5.74, 6) is 1.15. The molecule has 3 aliphatic rings. The molecule has 3 heterocycles. The van der Waals surface area contributed by atoms with Crippen LogP contribution >= 0.6 is 34.0 Å². The highest BCUT2D eigenvalue weighted by molar-refractivity contribution is 8.93. The lowest BCUT2D eigenvalue weighted by atomic mass is 10.2. The highest BCUT2D eigenvalue weighted by atomic mass is 79.9. The number of hydrogen-bond acceptors (Lipinski definition) is 5. The molecule has 7 heteroatoms. The number of guanidine groups is 1. The number of fused-ring (bicyclic) bond motifs is 3. The molecule has 0 N–H and O–H groups in total. The average Bonchev–Trinajstić information content (AvgIpc) is 2.88. The molecule has 1 fully saturated rings. The number of para-hydroxylation sites is 2. The molecule has 1 saturated heterocycles. The first-order valence-electron chi connectivity index (χ1n) is 7.92. The third-order valence-electron chi connectivity index (χ3n) is 4.48. The lowest BCUT2D eigenvalue weighted by Crippen LogP contribution is -2.46. The van der Waals surface area contributed by atoms with E-state index in [0.29, 0.717) is 0 Å². The molecule has 3 aliphatic heterocycles. The standard InChI is InChI=1S/C16H22N4O.2BrH/c1-2-5-15-14(4-1)19-7-3-6-17-16(19)20(15)9-8-18-10-12-21-13-11-18;;/h1-2,4-5H,3,6-13H2;2*1H. The van der Waals surface area contributed by atoms with E-state index in [-0.39, 0.29) is 34.0 Å². The van der Waals surface area contributed by atoms with Gasteiger partial charge in [0.25, 0.3) is 0 Å². The van der Waals surface area contributed by atoms with Gasteiger partial charge >= 0.3 is 0 Å². The zero-order valence-corrected chi connectivity index (χ0v) is 16.6. The topological polar surface area (TPSA) is 31.3 Å². The van der Waals surface area contributed by atoms with Gasteiger partial charge in [-0.25, -0.2) is 0 Å². The number of hydrogen-bond donors (Lipinski definition) is 0. The zero-order valence-electron chi connectivity index (χ0n) is 13.2. The number of benzene rings is 1. The van der Waals surface area contributed by atoms with Gasteiger partial charge < -0.3 is 14.5 Å². The summed E-state index contributed by atoms with van der Waals surface area (Å²) in [6, 6.07) is 8.68. The molecule has 0 radical (unpaired) electrons. The number of nitrogens with zero attached hydrogens (tertiary/aromatic N) is 4. The summed E-state index contributed by atoms with van der Waals surface area (Å²) in [6.07, 6.45) is 1.15. The predicted octanol–water partition coefficient (Wildman–Crippen LogP) is 2.56. The van der Waals surface area contributed by atoms with Gasteiger partial charge in [0.15, 0.2) is 0 Å². The van der Waals surface area contributed by atoms with Crippen molar-refractivity contribution in [3.63, 3.8) is 0 Å². The maximum absolute atomic E-state index is 5.43. The van der Waals surface area contributed by atoms with E-state index in [1.54, 1.807) is 0 Å². The Balaban J connectivity index is 0.000000960. The molecule has 128 valence electrons. The summed E-state index contributed by atoms with van der Waals surface area (Å²) < 4.78 is 5.43. The highest BCUT2D eigenvalue weighted by Crippen LogP contribution is 2.37. The van der Waals surface area contributed by atoms with Crippen molar-refractivity contribution in [2.24, 2.45) is 4.99 Å². The number of aliphatic imine (C=N–C) groups is 1. The number of halogens is 2. The summed E-state index contributed by atoms with van der Waals surface area (Å²) in [5.41, 5.74) is 2.63. The molecule has 0 aromatic heterocycles. The SMILES string of the molecule is Br.Br.c1ccc2c(c1)N1CCCN=C1N2CCN1CCOCC1. The summed E-state index contributed by atoms with van der Waals surface area (Å²) in [5, 5.41) is 0. The lowest BCUT2D eigenvalue weighted by Gasteiger charge is -2.30. The molecular weight excluding hydrogens is 424 g/mol. The van der Waals surface area contributed by atoms with E-state index in [4.69, 9.17) is 9.73 Å². The quantitative estimate of drug-likeness (QED) is 0.712. The largest absolute Gasteiger partial charge is 0.379 e. The van der Waals surface area contributed by atoms with Crippen molar-refractivity contribution < 1.29 is 4.74 Å². The van der Waals surface area contributed by atoms with Gasteiger partial charge in [-0.1, -0.05) is 12.1 Å². The van der Waals surface area contributed by atoms with Crippen LogP contribution in [0.4, 0.5) is 11.4 Å². The predicted molar refractivity (Wildman–Crippen MR) is 106 cm³/mol. The van der Waals surface area contributed by atoms with Crippen molar-refractivity contribution in [2.75, 3.05) is 62.3 Å². The minimum absolute atomic E-state index is 0. The first-order valence-corrected chi connectivity index (χ1v) is 7.92.